The monoisotopic (exact) mass is 968 g/mol. The third-order valence-electron chi connectivity index (χ3n) is 11.1. The fourth-order valence-corrected chi connectivity index (χ4v) is 7.67. The molecule has 73 heavy (non-hydrogen) atoms. The van der Waals surface area contributed by atoms with Crippen molar-refractivity contribution >= 4 is 57.7 Å². The number of hydrogen-bond acceptors (Lipinski definition) is 6. The van der Waals surface area contributed by atoms with Gasteiger partial charge in [-0.3, -0.25) is 0 Å². The van der Waals surface area contributed by atoms with Crippen LogP contribution >= 0.6 is 11.6 Å². The van der Waals surface area contributed by atoms with Crippen molar-refractivity contribution in [2.45, 2.75) is 26.4 Å². The van der Waals surface area contributed by atoms with Gasteiger partial charge in [0.2, 0.25) is 0 Å². The van der Waals surface area contributed by atoms with Gasteiger partial charge in [-0.1, -0.05) is 114 Å². The zero-order valence-corrected chi connectivity index (χ0v) is 41.3. The zero-order chi connectivity index (χ0) is 50.8. The van der Waals surface area contributed by atoms with E-state index in [4.69, 9.17) is 21.1 Å². The maximum atomic E-state index is 12.4. The average Bonchev–Trinajstić information content (AvgIpc) is 3.43. The molecule has 0 aliphatic rings. The van der Waals surface area contributed by atoms with E-state index >= 15 is 0 Å². The summed E-state index contributed by atoms with van der Waals surface area (Å²) in [5.74, 6) is 18.0. The van der Waals surface area contributed by atoms with Crippen LogP contribution in [0.3, 0.4) is 0 Å². The summed E-state index contributed by atoms with van der Waals surface area (Å²) in [7, 11) is 0. The SMILES string of the molecule is CC#CC(C)(C)OC(=O)c1ccc(C#Cc2ccc(N(c3ccccc3)c3ccccc3)cc2)cc1.O=C(Oc1ccc(Cl)cc1)c1ccc(C#Cc2ccc(N(c3ccccc3)c3ccccc3)cc2)cc1. The molecule has 0 N–H and O–H groups in total. The van der Waals surface area contributed by atoms with Crippen molar-refractivity contribution < 1.29 is 19.1 Å². The summed E-state index contributed by atoms with van der Waals surface area (Å²) in [5.41, 5.74) is 9.97. The second-order valence-corrected chi connectivity index (χ2v) is 17.3. The van der Waals surface area contributed by atoms with Gasteiger partial charge in [-0.15, -0.1) is 5.92 Å². The van der Waals surface area contributed by atoms with Crippen LogP contribution in [0.1, 0.15) is 63.7 Å². The summed E-state index contributed by atoms with van der Waals surface area (Å²) in [5, 5.41) is 0.585. The van der Waals surface area contributed by atoms with Crippen LogP contribution in [-0.2, 0) is 4.74 Å². The molecule has 0 radical (unpaired) electrons. The molecular formula is C66H49ClN2O4. The molecule has 0 fully saturated rings. The van der Waals surface area contributed by atoms with Crippen molar-refractivity contribution in [3.63, 3.8) is 0 Å². The Morgan fingerprint density at radius 1 is 0.397 bits per heavy atom. The molecule has 0 saturated heterocycles. The van der Waals surface area contributed by atoms with Crippen molar-refractivity contribution in [3.8, 4) is 41.3 Å². The smallest absolute Gasteiger partial charge is 0.343 e. The maximum absolute atomic E-state index is 12.4. The van der Waals surface area contributed by atoms with Gasteiger partial charge in [-0.25, -0.2) is 9.59 Å². The first-order valence-electron chi connectivity index (χ1n) is 23.5. The molecule has 0 aliphatic carbocycles. The summed E-state index contributed by atoms with van der Waals surface area (Å²) < 4.78 is 10.9. The summed E-state index contributed by atoms with van der Waals surface area (Å²) in [6.45, 7) is 5.26. The summed E-state index contributed by atoms with van der Waals surface area (Å²) >= 11 is 5.87. The number of nitrogens with zero attached hydrogens (tertiary/aromatic N) is 2. The lowest BCUT2D eigenvalue weighted by molar-refractivity contribution is 0.0204. The van der Waals surface area contributed by atoms with Gasteiger partial charge in [0.1, 0.15) is 5.75 Å². The Labute approximate surface area is 433 Å². The average molecular weight is 970 g/mol. The van der Waals surface area contributed by atoms with Crippen molar-refractivity contribution in [2.24, 2.45) is 0 Å². The van der Waals surface area contributed by atoms with Gasteiger partial charge in [0, 0.05) is 61.4 Å². The van der Waals surface area contributed by atoms with Crippen LogP contribution < -0.4 is 14.5 Å². The molecule has 6 nitrogen and oxygen atoms in total. The van der Waals surface area contributed by atoms with Gasteiger partial charge in [-0.2, -0.15) is 0 Å². The van der Waals surface area contributed by atoms with E-state index in [0.717, 1.165) is 56.4 Å². The van der Waals surface area contributed by atoms with E-state index in [1.54, 1.807) is 69.3 Å². The number of esters is 2. The van der Waals surface area contributed by atoms with E-state index in [1.165, 1.54) is 0 Å². The Bertz CT molecular complexity index is 3360. The fourth-order valence-electron chi connectivity index (χ4n) is 7.54. The lowest BCUT2D eigenvalue weighted by Gasteiger charge is -2.25. The number of benzene rings is 9. The number of rotatable bonds is 10. The van der Waals surface area contributed by atoms with Crippen LogP contribution in [-0.4, -0.2) is 17.5 Å². The molecular weight excluding hydrogens is 920 g/mol. The summed E-state index contributed by atoms with van der Waals surface area (Å²) in [6, 6.07) is 78.3. The molecule has 354 valence electrons. The number of halogens is 1. The largest absolute Gasteiger partial charge is 0.443 e. The molecule has 7 heteroatoms. The van der Waals surface area contributed by atoms with Crippen LogP contribution in [0.15, 0.2) is 243 Å². The Morgan fingerprint density at radius 2 is 0.699 bits per heavy atom. The number of carbonyl (C=O) groups excluding carboxylic acids is 2. The van der Waals surface area contributed by atoms with Crippen molar-refractivity contribution in [2.75, 3.05) is 9.80 Å². The molecule has 0 unspecified atom stereocenters. The standard InChI is InChI=1S/C33H22ClNO2.C33H27NO2/c34-28-19-23-32(24-20-28)37-33(36)27-17-13-25(14-18-27)11-12-26-15-21-31(22-16-26)35(29-7-3-1-4-8-29)30-9-5-2-6-10-30;1-4-25-33(2,3)36-32(35)28-21-17-26(18-22-28)15-16-27-19-23-31(24-20-27)34(29-11-7-5-8-12-29)30-13-9-6-10-14-30/h1-10,13-24H;5-14,17-24H,1-3H3. The summed E-state index contributed by atoms with van der Waals surface area (Å²) in [4.78, 5) is 29.2. The Morgan fingerprint density at radius 3 is 1.03 bits per heavy atom. The summed E-state index contributed by atoms with van der Waals surface area (Å²) in [6.07, 6.45) is 0. The van der Waals surface area contributed by atoms with Gasteiger partial charge in [-0.05, 0) is 191 Å². The Balaban J connectivity index is 0.000000195. The van der Waals surface area contributed by atoms with Gasteiger partial charge in [0.05, 0.1) is 11.1 Å². The number of ether oxygens (including phenoxy) is 2. The van der Waals surface area contributed by atoms with Crippen molar-refractivity contribution in [1.29, 1.82) is 0 Å². The molecule has 0 spiro atoms. The third kappa shape index (κ3) is 14.1. The Hall–Kier alpha value is -9.51. The van der Waals surface area contributed by atoms with Crippen molar-refractivity contribution in [1.82, 2.24) is 0 Å². The first-order chi connectivity index (χ1) is 35.6. The minimum atomic E-state index is -0.826. The van der Waals surface area contributed by atoms with Crippen LogP contribution in [0.5, 0.6) is 5.75 Å². The van der Waals surface area contributed by atoms with E-state index in [1.807, 2.05) is 121 Å². The molecule has 9 rings (SSSR count). The molecule has 0 saturated carbocycles. The minimum absolute atomic E-state index is 0.403. The minimum Gasteiger partial charge on any atom is -0.443 e. The molecule has 0 atom stereocenters. The maximum Gasteiger partial charge on any atom is 0.343 e. The second kappa shape index (κ2) is 24.4. The van der Waals surface area contributed by atoms with Crippen LogP contribution in [0, 0.1) is 35.5 Å². The van der Waals surface area contributed by atoms with E-state index < -0.39 is 17.5 Å². The van der Waals surface area contributed by atoms with E-state index in [2.05, 4.69) is 118 Å². The van der Waals surface area contributed by atoms with E-state index in [9.17, 15) is 9.59 Å². The highest BCUT2D eigenvalue weighted by molar-refractivity contribution is 6.30. The first kappa shape index (κ1) is 49.9. The van der Waals surface area contributed by atoms with Crippen LogP contribution in [0.25, 0.3) is 0 Å². The number of para-hydroxylation sites is 4. The highest BCUT2D eigenvalue weighted by Crippen LogP contribution is 2.35. The number of carbonyl (C=O) groups is 2. The zero-order valence-electron chi connectivity index (χ0n) is 40.5. The third-order valence-corrected chi connectivity index (χ3v) is 11.3. The second-order valence-electron chi connectivity index (χ2n) is 16.9. The lowest BCUT2D eigenvalue weighted by Crippen LogP contribution is -2.26. The van der Waals surface area contributed by atoms with E-state index in [0.29, 0.717) is 21.9 Å². The predicted molar refractivity (Wildman–Crippen MR) is 296 cm³/mol. The number of anilines is 6. The van der Waals surface area contributed by atoms with Crippen molar-refractivity contribution in [3.05, 3.63) is 281 Å². The lowest BCUT2D eigenvalue weighted by atomic mass is 10.1. The molecule has 0 amide bonds. The van der Waals surface area contributed by atoms with Crippen LogP contribution in [0.4, 0.5) is 34.1 Å². The van der Waals surface area contributed by atoms with Gasteiger partial charge in [0.25, 0.3) is 0 Å². The van der Waals surface area contributed by atoms with Gasteiger partial charge in [0.15, 0.2) is 5.60 Å². The highest BCUT2D eigenvalue weighted by atomic mass is 35.5. The predicted octanol–water partition coefficient (Wildman–Crippen LogP) is 15.9. The topological polar surface area (TPSA) is 59.1 Å². The first-order valence-corrected chi connectivity index (χ1v) is 23.9. The Kier molecular flexibility index (Phi) is 16.6. The molecule has 9 aromatic rings. The molecule has 0 aromatic heterocycles. The quantitative estimate of drug-likeness (QED) is 0.0773. The number of hydrogen-bond donors (Lipinski definition) is 0. The van der Waals surface area contributed by atoms with Crippen LogP contribution in [0.2, 0.25) is 5.02 Å². The molecule has 0 bridgehead atoms. The molecule has 0 heterocycles. The fraction of sp³-hybridized carbons (Fsp3) is 0.0606. The molecule has 9 aromatic carbocycles. The highest BCUT2D eigenvalue weighted by Gasteiger charge is 2.21. The van der Waals surface area contributed by atoms with E-state index in [-0.39, 0.29) is 0 Å². The van der Waals surface area contributed by atoms with Gasteiger partial charge < -0.3 is 19.3 Å². The van der Waals surface area contributed by atoms with Gasteiger partial charge >= 0.3 is 11.9 Å². The normalized spacial score (nSPS) is 10.2. The molecule has 0 aliphatic heterocycles.